The first kappa shape index (κ1) is 8.87. The van der Waals surface area contributed by atoms with Crippen molar-refractivity contribution in [2.45, 2.75) is 13.8 Å². The summed E-state index contributed by atoms with van der Waals surface area (Å²) in [4.78, 5) is 0. The molecule has 0 aliphatic rings. The van der Waals surface area contributed by atoms with Gasteiger partial charge in [-0.25, -0.2) is 0 Å². The van der Waals surface area contributed by atoms with Gasteiger partial charge in [0.25, 0.3) is 0 Å². The highest BCUT2D eigenvalue weighted by atomic mass is 16.3. The van der Waals surface area contributed by atoms with Crippen LogP contribution in [-0.4, -0.2) is 16.7 Å². The molecule has 0 unspecified atom stereocenters. The predicted molar refractivity (Wildman–Crippen MR) is 55.2 cm³/mol. The Hall–Kier alpha value is -1.71. The van der Waals surface area contributed by atoms with Gasteiger partial charge in [-0.1, -0.05) is 0 Å². The van der Waals surface area contributed by atoms with Crippen LogP contribution in [0.2, 0.25) is 0 Å². The van der Waals surface area contributed by atoms with Gasteiger partial charge in [0.1, 0.15) is 5.69 Å². The molecule has 14 heavy (non-hydrogen) atoms. The number of anilines is 1. The summed E-state index contributed by atoms with van der Waals surface area (Å²) in [5.74, 6) is 1.71. The van der Waals surface area contributed by atoms with Crippen LogP contribution in [-0.2, 0) is 0 Å². The molecule has 0 aromatic carbocycles. The second-order valence-electron chi connectivity index (χ2n) is 3.08. The zero-order valence-corrected chi connectivity index (χ0v) is 8.29. The number of hydrogen-bond acceptors (Lipinski definition) is 3. The van der Waals surface area contributed by atoms with Crippen molar-refractivity contribution < 1.29 is 4.42 Å². The molecule has 0 amide bonds. The number of furan rings is 1. The number of rotatable bonds is 3. The van der Waals surface area contributed by atoms with E-state index in [0.717, 1.165) is 29.4 Å². The van der Waals surface area contributed by atoms with E-state index in [0.29, 0.717) is 0 Å². The molecule has 0 fully saturated rings. The lowest BCUT2D eigenvalue weighted by atomic mass is 10.2. The van der Waals surface area contributed by atoms with Crippen molar-refractivity contribution in [1.82, 2.24) is 10.2 Å². The molecule has 0 saturated carbocycles. The van der Waals surface area contributed by atoms with Crippen molar-refractivity contribution in [3.05, 3.63) is 24.0 Å². The van der Waals surface area contributed by atoms with Crippen LogP contribution in [0, 0.1) is 6.92 Å². The van der Waals surface area contributed by atoms with E-state index >= 15 is 0 Å². The van der Waals surface area contributed by atoms with Crippen molar-refractivity contribution in [2.75, 3.05) is 11.9 Å². The minimum absolute atomic E-state index is 0.819. The van der Waals surface area contributed by atoms with Crippen LogP contribution in [0.25, 0.3) is 11.5 Å². The molecule has 2 aromatic heterocycles. The fourth-order valence-corrected chi connectivity index (χ4v) is 1.40. The molecular weight excluding hydrogens is 178 g/mol. The molecule has 0 atom stereocenters. The lowest BCUT2D eigenvalue weighted by Crippen LogP contribution is -1.97. The average Bonchev–Trinajstić information content (AvgIpc) is 2.77. The lowest BCUT2D eigenvalue weighted by Gasteiger charge is -1.98. The SMILES string of the molecule is CCNc1n[nH]c(-c2ccco2)c1C. The number of nitrogens with one attached hydrogen (secondary N) is 2. The number of hydrogen-bond donors (Lipinski definition) is 2. The Bertz CT molecular complexity index is 403. The molecule has 0 bridgehead atoms. The van der Waals surface area contributed by atoms with Crippen molar-refractivity contribution >= 4 is 5.82 Å². The normalized spacial score (nSPS) is 10.4. The van der Waals surface area contributed by atoms with E-state index in [-0.39, 0.29) is 0 Å². The third-order valence-electron chi connectivity index (χ3n) is 2.12. The van der Waals surface area contributed by atoms with Crippen molar-refractivity contribution in [3.8, 4) is 11.5 Å². The molecule has 4 nitrogen and oxygen atoms in total. The molecule has 2 N–H and O–H groups in total. The second kappa shape index (κ2) is 3.57. The van der Waals surface area contributed by atoms with Crippen LogP contribution in [0.5, 0.6) is 0 Å². The van der Waals surface area contributed by atoms with Crippen LogP contribution in [0.15, 0.2) is 22.8 Å². The summed E-state index contributed by atoms with van der Waals surface area (Å²) in [6, 6.07) is 3.78. The van der Waals surface area contributed by atoms with Crippen LogP contribution >= 0.6 is 0 Å². The van der Waals surface area contributed by atoms with Gasteiger partial charge < -0.3 is 9.73 Å². The highest BCUT2D eigenvalue weighted by molar-refractivity contribution is 5.64. The van der Waals surface area contributed by atoms with Crippen LogP contribution in [0.1, 0.15) is 12.5 Å². The fourth-order valence-electron chi connectivity index (χ4n) is 1.40. The van der Waals surface area contributed by atoms with Gasteiger partial charge in [-0.05, 0) is 26.0 Å². The van der Waals surface area contributed by atoms with E-state index in [1.54, 1.807) is 6.26 Å². The summed E-state index contributed by atoms with van der Waals surface area (Å²) in [5, 5.41) is 10.3. The molecule has 2 heterocycles. The molecular formula is C10H13N3O. The average molecular weight is 191 g/mol. The van der Waals surface area contributed by atoms with Crippen molar-refractivity contribution in [2.24, 2.45) is 0 Å². The molecule has 2 rings (SSSR count). The first-order valence-electron chi connectivity index (χ1n) is 4.65. The zero-order valence-electron chi connectivity index (χ0n) is 8.29. The minimum Gasteiger partial charge on any atom is -0.463 e. The quantitative estimate of drug-likeness (QED) is 0.783. The summed E-state index contributed by atoms with van der Waals surface area (Å²) in [7, 11) is 0. The van der Waals surface area contributed by atoms with Gasteiger partial charge in [0.2, 0.25) is 0 Å². The Balaban J connectivity index is 2.36. The van der Waals surface area contributed by atoms with Gasteiger partial charge in [-0.2, -0.15) is 5.10 Å². The fraction of sp³-hybridized carbons (Fsp3) is 0.300. The first-order chi connectivity index (χ1) is 6.83. The van der Waals surface area contributed by atoms with Crippen LogP contribution in [0.4, 0.5) is 5.82 Å². The minimum atomic E-state index is 0.819. The monoisotopic (exact) mass is 191 g/mol. The topological polar surface area (TPSA) is 53.9 Å². The van der Waals surface area contributed by atoms with Crippen molar-refractivity contribution in [1.29, 1.82) is 0 Å². The Kier molecular flexibility index (Phi) is 2.26. The summed E-state index contributed by atoms with van der Waals surface area (Å²) < 4.78 is 5.29. The zero-order chi connectivity index (χ0) is 9.97. The first-order valence-corrected chi connectivity index (χ1v) is 4.65. The van der Waals surface area contributed by atoms with E-state index in [9.17, 15) is 0 Å². The lowest BCUT2D eigenvalue weighted by molar-refractivity contribution is 0.579. The molecule has 0 aliphatic heterocycles. The van der Waals surface area contributed by atoms with E-state index in [2.05, 4.69) is 15.5 Å². The Labute approximate surface area is 82.3 Å². The van der Waals surface area contributed by atoms with Gasteiger partial charge in [0.15, 0.2) is 11.6 Å². The van der Waals surface area contributed by atoms with Crippen LogP contribution < -0.4 is 5.32 Å². The molecule has 74 valence electrons. The summed E-state index contributed by atoms with van der Waals surface area (Å²) in [5.41, 5.74) is 2.02. The van der Waals surface area contributed by atoms with E-state index < -0.39 is 0 Å². The Morgan fingerprint density at radius 2 is 2.43 bits per heavy atom. The largest absolute Gasteiger partial charge is 0.463 e. The molecule has 4 heteroatoms. The molecule has 0 aliphatic carbocycles. The highest BCUT2D eigenvalue weighted by Crippen LogP contribution is 2.25. The molecule has 2 aromatic rings. The highest BCUT2D eigenvalue weighted by Gasteiger charge is 2.11. The maximum Gasteiger partial charge on any atom is 0.151 e. The maximum absolute atomic E-state index is 5.29. The predicted octanol–water partition coefficient (Wildman–Crippen LogP) is 2.41. The summed E-state index contributed by atoms with van der Waals surface area (Å²) >= 11 is 0. The number of H-pyrrole nitrogens is 1. The molecule has 0 saturated heterocycles. The van der Waals surface area contributed by atoms with E-state index in [1.807, 2.05) is 26.0 Å². The third kappa shape index (κ3) is 1.39. The molecule has 0 radical (unpaired) electrons. The van der Waals surface area contributed by atoms with E-state index in [4.69, 9.17) is 4.42 Å². The number of nitrogens with zero attached hydrogens (tertiary/aromatic N) is 1. The van der Waals surface area contributed by atoms with Gasteiger partial charge in [0.05, 0.1) is 6.26 Å². The van der Waals surface area contributed by atoms with Gasteiger partial charge in [-0.3, -0.25) is 5.10 Å². The maximum atomic E-state index is 5.29. The Morgan fingerprint density at radius 1 is 1.57 bits per heavy atom. The van der Waals surface area contributed by atoms with E-state index in [1.165, 1.54) is 0 Å². The second-order valence-corrected chi connectivity index (χ2v) is 3.08. The van der Waals surface area contributed by atoms with Crippen molar-refractivity contribution in [3.63, 3.8) is 0 Å². The number of aromatic nitrogens is 2. The smallest absolute Gasteiger partial charge is 0.151 e. The van der Waals surface area contributed by atoms with Crippen LogP contribution in [0.3, 0.4) is 0 Å². The van der Waals surface area contributed by atoms with Gasteiger partial charge in [0, 0.05) is 12.1 Å². The molecule has 0 spiro atoms. The standard InChI is InChI=1S/C10H13N3O/c1-3-11-10-7(2)9(12-13-10)8-5-4-6-14-8/h4-6H,3H2,1-2H3,(H2,11,12,13). The Morgan fingerprint density at radius 3 is 3.07 bits per heavy atom. The number of aromatic amines is 1. The summed E-state index contributed by atoms with van der Waals surface area (Å²) in [6.45, 7) is 4.92. The van der Waals surface area contributed by atoms with Gasteiger partial charge in [-0.15, -0.1) is 0 Å². The summed E-state index contributed by atoms with van der Waals surface area (Å²) in [6.07, 6.45) is 1.66. The van der Waals surface area contributed by atoms with Gasteiger partial charge >= 0.3 is 0 Å². The third-order valence-corrected chi connectivity index (χ3v) is 2.12.